The molecule has 0 fully saturated rings. The number of hydrogen-bond donors (Lipinski definition) is 3. The Bertz CT molecular complexity index is 1100. The van der Waals surface area contributed by atoms with Crippen molar-refractivity contribution in [3.63, 3.8) is 0 Å². The number of aliphatic hydroxyl groups excluding tert-OH is 2. The van der Waals surface area contributed by atoms with Gasteiger partial charge in [0, 0.05) is 12.8 Å². The molecule has 1 amide bonds. The third kappa shape index (κ3) is 59.7. The van der Waals surface area contributed by atoms with Gasteiger partial charge in [0.1, 0.15) is 0 Å². The molecule has 2 atom stereocenters. The van der Waals surface area contributed by atoms with Crippen molar-refractivity contribution in [2.45, 2.75) is 392 Å². The summed E-state index contributed by atoms with van der Waals surface area (Å²) in [4.78, 5) is 24.5. The standard InChI is InChI=1S/C67H131NO5/c1-3-5-7-9-11-13-15-16-17-18-19-27-30-33-36-40-43-47-51-55-59-65(70)64(63-69)68-66(71)60-56-52-48-44-41-37-34-31-28-25-23-21-20-22-24-26-29-32-35-38-42-46-50-54-58-62-73-67(72)61-57-53-49-45-39-14-12-10-8-6-4-2/h21,23,64-65,69-70H,3-20,22,24-63H2,1-2H3,(H,68,71)/b23-21-. The fraction of sp³-hybridized carbons (Fsp3) is 0.940. The van der Waals surface area contributed by atoms with Gasteiger partial charge in [-0.25, -0.2) is 0 Å². The molecular weight excluding hydrogens is 899 g/mol. The summed E-state index contributed by atoms with van der Waals surface area (Å²) >= 11 is 0. The number of rotatable bonds is 63. The molecule has 0 aliphatic carbocycles. The first-order valence-corrected chi connectivity index (χ1v) is 33.4. The molecule has 0 aliphatic rings. The molecule has 0 rings (SSSR count). The van der Waals surface area contributed by atoms with Crippen LogP contribution in [0.3, 0.4) is 0 Å². The van der Waals surface area contributed by atoms with E-state index in [-0.39, 0.29) is 18.5 Å². The topological polar surface area (TPSA) is 95.9 Å². The van der Waals surface area contributed by atoms with Gasteiger partial charge in [0.25, 0.3) is 0 Å². The van der Waals surface area contributed by atoms with E-state index < -0.39 is 12.1 Å². The van der Waals surface area contributed by atoms with Crippen LogP contribution in [0.1, 0.15) is 380 Å². The third-order valence-electron chi connectivity index (χ3n) is 15.8. The highest BCUT2D eigenvalue weighted by Crippen LogP contribution is 2.19. The summed E-state index contributed by atoms with van der Waals surface area (Å²) < 4.78 is 5.47. The first-order chi connectivity index (χ1) is 36.0. The van der Waals surface area contributed by atoms with Crippen molar-refractivity contribution in [3.8, 4) is 0 Å². The maximum absolute atomic E-state index is 12.5. The molecule has 0 saturated carbocycles. The molecule has 0 radical (unpaired) electrons. The SMILES string of the molecule is CCCCCCCCCCCCCCCCCCCCCCC(O)C(CO)NC(=O)CCCCCCCCCCC/C=C\CCCCCCCCCCCCCCOC(=O)CCCCCCCCCCCCC. The fourth-order valence-corrected chi connectivity index (χ4v) is 10.7. The molecule has 0 aromatic carbocycles. The number of carbonyl (C=O) groups is 2. The summed E-state index contributed by atoms with van der Waals surface area (Å²) in [5.74, 6) is -0.0197. The summed E-state index contributed by atoms with van der Waals surface area (Å²) in [6, 6.07) is -0.544. The van der Waals surface area contributed by atoms with E-state index in [1.54, 1.807) is 0 Å². The summed E-state index contributed by atoms with van der Waals surface area (Å²) in [6.07, 6.45) is 76.7. The second-order valence-corrected chi connectivity index (χ2v) is 23.2. The van der Waals surface area contributed by atoms with Crippen LogP contribution in [-0.2, 0) is 14.3 Å². The minimum Gasteiger partial charge on any atom is -0.466 e. The zero-order valence-corrected chi connectivity index (χ0v) is 49.6. The molecule has 0 aromatic rings. The van der Waals surface area contributed by atoms with Crippen LogP contribution in [-0.4, -0.2) is 47.4 Å². The van der Waals surface area contributed by atoms with Crippen LogP contribution in [0.2, 0.25) is 0 Å². The predicted molar refractivity (Wildman–Crippen MR) is 320 cm³/mol. The van der Waals surface area contributed by atoms with Crippen molar-refractivity contribution in [2.75, 3.05) is 13.2 Å². The minimum atomic E-state index is -0.666. The van der Waals surface area contributed by atoms with Crippen molar-refractivity contribution in [2.24, 2.45) is 0 Å². The zero-order chi connectivity index (χ0) is 52.9. The van der Waals surface area contributed by atoms with E-state index >= 15 is 0 Å². The molecule has 434 valence electrons. The Morgan fingerprint density at radius 1 is 0.370 bits per heavy atom. The second kappa shape index (κ2) is 63.1. The van der Waals surface area contributed by atoms with E-state index in [1.807, 2.05) is 0 Å². The number of allylic oxidation sites excluding steroid dienone is 2. The van der Waals surface area contributed by atoms with Gasteiger partial charge in [-0.15, -0.1) is 0 Å². The van der Waals surface area contributed by atoms with Crippen LogP contribution < -0.4 is 5.32 Å². The van der Waals surface area contributed by atoms with Crippen LogP contribution in [0.5, 0.6) is 0 Å². The second-order valence-electron chi connectivity index (χ2n) is 23.2. The van der Waals surface area contributed by atoms with Crippen LogP contribution in [0.4, 0.5) is 0 Å². The molecule has 0 saturated heterocycles. The van der Waals surface area contributed by atoms with E-state index in [1.165, 1.54) is 308 Å². The van der Waals surface area contributed by atoms with Crippen LogP contribution in [0, 0.1) is 0 Å². The van der Waals surface area contributed by atoms with Crippen LogP contribution >= 0.6 is 0 Å². The van der Waals surface area contributed by atoms with Gasteiger partial charge in [0.05, 0.1) is 25.4 Å². The number of nitrogens with one attached hydrogen (secondary N) is 1. The highest BCUT2D eigenvalue weighted by molar-refractivity contribution is 5.76. The molecule has 6 nitrogen and oxygen atoms in total. The van der Waals surface area contributed by atoms with Gasteiger partial charge < -0.3 is 20.3 Å². The van der Waals surface area contributed by atoms with E-state index in [0.717, 1.165) is 38.5 Å². The number of esters is 1. The fourth-order valence-electron chi connectivity index (χ4n) is 10.7. The summed E-state index contributed by atoms with van der Waals surface area (Å²) in [7, 11) is 0. The lowest BCUT2D eigenvalue weighted by Crippen LogP contribution is -2.45. The molecule has 0 spiro atoms. The number of ether oxygens (including phenoxy) is 1. The molecule has 0 heterocycles. The average Bonchev–Trinajstić information content (AvgIpc) is 3.39. The first-order valence-electron chi connectivity index (χ1n) is 33.4. The Morgan fingerprint density at radius 3 is 0.973 bits per heavy atom. The smallest absolute Gasteiger partial charge is 0.305 e. The molecule has 0 bridgehead atoms. The summed E-state index contributed by atoms with van der Waals surface area (Å²) in [6.45, 7) is 4.98. The molecular formula is C67H131NO5. The molecule has 0 aliphatic heterocycles. The lowest BCUT2D eigenvalue weighted by molar-refractivity contribution is -0.143. The van der Waals surface area contributed by atoms with Crippen molar-refractivity contribution >= 4 is 11.9 Å². The molecule has 3 N–H and O–H groups in total. The predicted octanol–water partition coefficient (Wildman–Crippen LogP) is 21.2. The lowest BCUT2D eigenvalue weighted by Gasteiger charge is -2.22. The Labute approximate surface area is 457 Å². The number of aliphatic hydroxyl groups is 2. The molecule has 2 unspecified atom stereocenters. The average molecular weight is 1030 g/mol. The van der Waals surface area contributed by atoms with Crippen molar-refractivity contribution in [3.05, 3.63) is 12.2 Å². The van der Waals surface area contributed by atoms with Crippen LogP contribution in [0.15, 0.2) is 12.2 Å². The number of unbranched alkanes of at least 4 members (excludes halogenated alkanes) is 50. The lowest BCUT2D eigenvalue weighted by atomic mass is 10.0. The summed E-state index contributed by atoms with van der Waals surface area (Å²) in [5, 5.41) is 23.4. The third-order valence-corrected chi connectivity index (χ3v) is 15.8. The number of hydrogen-bond acceptors (Lipinski definition) is 5. The highest BCUT2D eigenvalue weighted by Gasteiger charge is 2.20. The van der Waals surface area contributed by atoms with Gasteiger partial charge in [0.2, 0.25) is 5.91 Å². The first kappa shape index (κ1) is 71.6. The number of amides is 1. The zero-order valence-electron chi connectivity index (χ0n) is 49.6. The largest absolute Gasteiger partial charge is 0.466 e. The quantitative estimate of drug-likeness (QED) is 0.0320. The Balaban J connectivity index is 3.40. The van der Waals surface area contributed by atoms with Gasteiger partial charge >= 0.3 is 5.97 Å². The maximum atomic E-state index is 12.5. The van der Waals surface area contributed by atoms with E-state index in [2.05, 4.69) is 31.3 Å². The van der Waals surface area contributed by atoms with E-state index in [4.69, 9.17) is 4.74 Å². The van der Waals surface area contributed by atoms with Gasteiger partial charge in [-0.2, -0.15) is 0 Å². The molecule has 6 heteroatoms. The van der Waals surface area contributed by atoms with Crippen molar-refractivity contribution < 1.29 is 24.5 Å². The van der Waals surface area contributed by atoms with Gasteiger partial charge in [0.15, 0.2) is 0 Å². The number of carbonyl (C=O) groups excluding carboxylic acids is 2. The Morgan fingerprint density at radius 2 is 0.644 bits per heavy atom. The van der Waals surface area contributed by atoms with Crippen molar-refractivity contribution in [1.82, 2.24) is 5.32 Å². The van der Waals surface area contributed by atoms with E-state index in [9.17, 15) is 19.8 Å². The van der Waals surface area contributed by atoms with Crippen LogP contribution in [0.25, 0.3) is 0 Å². The van der Waals surface area contributed by atoms with Gasteiger partial charge in [-0.3, -0.25) is 9.59 Å². The molecule has 0 aromatic heterocycles. The van der Waals surface area contributed by atoms with E-state index in [0.29, 0.717) is 25.9 Å². The van der Waals surface area contributed by atoms with Gasteiger partial charge in [-0.1, -0.05) is 328 Å². The Kier molecular flexibility index (Phi) is 61.9. The van der Waals surface area contributed by atoms with Gasteiger partial charge in [-0.05, 0) is 51.4 Å². The minimum absolute atomic E-state index is 0.0140. The molecule has 73 heavy (non-hydrogen) atoms. The Hall–Kier alpha value is -1.40. The monoisotopic (exact) mass is 1030 g/mol. The highest BCUT2D eigenvalue weighted by atomic mass is 16.5. The van der Waals surface area contributed by atoms with Crippen molar-refractivity contribution in [1.29, 1.82) is 0 Å². The summed E-state index contributed by atoms with van der Waals surface area (Å²) in [5.41, 5.74) is 0. The normalized spacial score (nSPS) is 12.5. The maximum Gasteiger partial charge on any atom is 0.305 e.